The fourth-order valence-corrected chi connectivity index (χ4v) is 5.75. The van der Waals surface area contributed by atoms with Gasteiger partial charge in [0, 0.05) is 49.7 Å². The van der Waals surface area contributed by atoms with E-state index in [4.69, 9.17) is 4.98 Å². The van der Waals surface area contributed by atoms with Crippen molar-refractivity contribution in [3.05, 3.63) is 36.2 Å². The van der Waals surface area contributed by atoms with Crippen molar-refractivity contribution in [3.8, 4) is 0 Å². The molecule has 0 spiro atoms. The maximum Gasteiger partial charge on any atom is 0.246 e. The van der Waals surface area contributed by atoms with Crippen LogP contribution in [0.1, 0.15) is 57.8 Å². The number of nitrogens with zero attached hydrogens (tertiary/aromatic N) is 6. The summed E-state index contributed by atoms with van der Waals surface area (Å²) in [6, 6.07) is 0. The molecular weight excluding hydrogens is 414 g/mol. The van der Waals surface area contributed by atoms with Gasteiger partial charge >= 0.3 is 0 Å². The van der Waals surface area contributed by atoms with Crippen LogP contribution < -0.4 is 5.32 Å². The summed E-state index contributed by atoms with van der Waals surface area (Å²) in [5.74, 6) is 1.14. The Bertz CT molecular complexity index is 1180. The third-order valence-electron chi connectivity index (χ3n) is 5.63. The van der Waals surface area contributed by atoms with E-state index >= 15 is 0 Å². The largest absolute Gasteiger partial charge is 0.365 e. The highest BCUT2D eigenvalue weighted by Gasteiger charge is 2.34. The Hall–Kier alpha value is -2.46. The number of aromatic nitrogens is 5. The summed E-state index contributed by atoms with van der Waals surface area (Å²) >= 11 is 0. The molecule has 10 heteroatoms. The lowest BCUT2D eigenvalue weighted by Crippen LogP contribution is -2.38. The van der Waals surface area contributed by atoms with E-state index in [-0.39, 0.29) is 11.5 Å². The van der Waals surface area contributed by atoms with Gasteiger partial charge in [0.2, 0.25) is 10.0 Å². The van der Waals surface area contributed by atoms with Crippen LogP contribution in [0.2, 0.25) is 0 Å². The first-order valence-electron chi connectivity index (χ1n) is 10.7. The fraction of sp³-hybridized carbons (Fsp3) is 0.571. The van der Waals surface area contributed by atoms with Gasteiger partial charge in [-0.05, 0) is 47.5 Å². The second-order valence-electron chi connectivity index (χ2n) is 9.14. The van der Waals surface area contributed by atoms with Crippen LogP contribution >= 0.6 is 0 Å². The van der Waals surface area contributed by atoms with Gasteiger partial charge in [0.1, 0.15) is 10.7 Å². The molecular formula is C21H31N7O2S. The minimum absolute atomic E-state index is 0.130. The maximum absolute atomic E-state index is 13.2. The van der Waals surface area contributed by atoms with Gasteiger partial charge in [0.05, 0.1) is 17.6 Å². The van der Waals surface area contributed by atoms with E-state index in [1.807, 2.05) is 17.5 Å². The van der Waals surface area contributed by atoms with Crippen molar-refractivity contribution in [2.24, 2.45) is 0 Å². The van der Waals surface area contributed by atoms with Gasteiger partial charge in [0.15, 0.2) is 5.65 Å². The number of aryl methyl sites for hydroxylation is 2. The molecule has 9 nitrogen and oxygen atoms in total. The molecule has 0 aliphatic carbocycles. The molecule has 31 heavy (non-hydrogen) atoms. The van der Waals surface area contributed by atoms with Gasteiger partial charge in [-0.2, -0.15) is 9.40 Å². The Morgan fingerprint density at radius 3 is 2.55 bits per heavy atom. The lowest BCUT2D eigenvalue weighted by molar-refractivity contribution is 0.317. The number of imidazole rings is 1. The number of fused-ring (bicyclic) bond motifs is 1. The molecule has 1 aliphatic rings. The van der Waals surface area contributed by atoms with Crippen LogP contribution in [-0.4, -0.2) is 55.5 Å². The molecule has 3 aromatic rings. The molecule has 3 aromatic heterocycles. The standard InChI is InChI=1S/C21H31N7O2S/c1-6-26-14-17(15(2)25-26)31(29,30)27-10-7-16(8-11-27)19-20(24-21(3,4)5)28-12-9-22-13-18(28)23-19/h9,12-14,16,24H,6-8,10-11H2,1-5H3. The third kappa shape index (κ3) is 4.18. The number of hydrogen-bond acceptors (Lipinski definition) is 6. The highest BCUT2D eigenvalue weighted by atomic mass is 32.2. The SMILES string of the molecule is CCn1cc(S(=O)(=O)N2CCC(c3nc4cnccn4c3NC(C)(C)C)CC2)c(C)n1. The van der Waals surface area contributed by atoms with Gasteiger partial charge < -0.3 is 5.32 Å². The molecule has 4 heterocycles. The number of hydrogen-bond donors (Lipinski definition) is 1. The minimum Gasteiger partial charge on any atom is -0.365 e. The molecule has 168 valence electrons. The summed E-state index contributed by atoms with van der Waals surface area (Å²) in [4.78, 5) is 9.36. The van der Waals surface area contributed by atoms with Crippen molar-refractivity contribution in [2.75, 3.05) is 18.4 Å². The number of nitrogens with one attached hydrogen (secondary N) is 1. The predicted molar refractivity (Wildman–Crippen MR) is 120 cm³/mol. The van der Waals surface area contributed by atoms with Crippen molar-refractivity contribution in [3.63, 3.8) is 0 Å². The Balaban J connectivity index is 1.58. The van der Waals surface area contributed by atoms with Gasteiger partial charge in [0.25, 0.3) is 0 Å². The molecule has 0 amide bonds. The Morgan fingerprint density at radius 2 is 1.94 bits per heavy atom. The summed E-state index contributed by atoms with van der Waals surface area (Å²) in [6.45, 7) is 11.6. The molecule has 1 saturated heterocycles. The van der Waals surface area contributed by atoms with Crippen LogP contribution in [0, 0.1) is 6.92 Å². The van der Waals surface area contributed by atoms with E-state index in [2.05, 4.69) is 36.2 Å². The predicted octanol–water partition coefficient (Wildman–Crippen LogP) is 3.03. The fourth-order valence-electron chi connectivity index (χ4n) is 4.11. The number of anilines is 1. The van der Waals surface area contributed by atoms with Gasteiger partial charge in [-0.3, -0.25) is 14.1 Å². The highest BCUT2D eigenvalue weighted by Crippen LogP contribution is 2.36. The first-order chi connectivity index (χ1) is 14.6. The van der Waals surface area contributed by atoms with Crippen LogP contribution in [0.5, 0.6) is 0 Å². The molecule has 0 bridgehead atoms. The van der Waals surface area contributed by atoms with E-state index < -0.39 is 10.0 Å². The molecule has 0 radical (unpaired) electrons. The molecule has 0 aromatic carbocycles. The molecule has 4 rings (SSSR count). The van der Waals surface area contributed by atoms with Crippen LogP contribution in [0.25, 0.3) is 5.65 Å². The summed E-state index contributed by atoms with van der Waals surface area (Å²) in [6.07, 6.45) is 8.49. The van der Waals surface area contributed by atoms with Gasteiger partial charge in [-0.15, -0.1) is 0 Å². The Morgan fingerprint density at radius 1 is 1.23 bits per heavy atom. The molecule has 1 N–H and O–H groups in total. The smallest absolute Gasteiger partial charge is 0.246 e. The molecule has 0 saturated carbocycles. The van der Waals surface area contributed by atoms with Crippen molar-refractivity contribution >= 4 is 21.5 Å². The van der Waals surface area contributed by atoms with E-state index in [1.54, 1.807) is 34.5 Å². The monoisotopic (exact) mass is 445 g/mol. The lowest BCUT2D eigenvalue weighted by atomic mass is 9.94. The van der Waals surface area contributed by atoms with E-state index in [9.17, 15) is 8.42 Å². The second kappa shape index (κ2) is 7.90. The topological polar surface area (TPSA) is 97.4 Å². The summed E-state index contributed by atoms with van der Waals surface area (Å²) in [5.41, 5.74) is 2.19. The first kappa shape index (κ1) is 21.8. The van der Waals surface area contributed by atoms with Crippen LogP contribution in [0.4, 0.5) is 5.82 Å². The maximum atomic E-state index is 13.2. The van der Waals surface area contributed by atoms with Crippen molar-refractivity contribution in [1.82, 2.24) is 28.5 Å². The highest BCUT2D eigenvalue weighted by molar-refractivity contribution is 7.89. The number of rotatable bonds is 5. The molecule has 1 fully saturated rings. The van der Waals surface area contributed by atoms with Crippen LogP contribution in [0.15, 0.2) is 29.7 Å². The van der Waals surface area contributed by atoms with Gasteiger partial charge in [-0.25, -0.2) is 13.4 Å². The van der Waals surface area contributed by atoms with Crippen molar-refractivity contribution in [2.45, 2.75) is 70.4 Å². The zero-order chi connectivity index (χ0) is 22.4. The minimum atomic E-state index is -3.55. The van der Waals surface area contributed by atoms with Gasteiger partial charge in [-0.1, -0.05) is 0 Å². The van der Waals surface area contributed by atoms with Crippen molar-refractivity contribution in [1.29, 1.82) is 0 Å². The average molecular weight is 446 g/mol. The number of sulfonamides is 1. The second-order valence-corrected chi connectivity index (χ2v) is 11.0. The van der Waals surface area contributed by atoms with E-state index in [0.717, 1.165) is 30.0 Å². The number of piperidine rings is 1. The zero-order valence-electron chi connectivity index (χ0n) is 18.8. The average Bonchev–Trinajstić information content (AvgIpc) is 3.28. The molecule has 0 atom stereocenters. The molecule has 1 aliphatic heterocycles. The lowest BCUT2D eigenvalue weighted by Gasteiger charge is -2.31. The quantitative estimate of drug-likeness (QED) is 0.648. The van der Waals surface area contributed by atoms with Crippen molar-refractivity contribution < 1.29 is 8.42 Å². The van der Waals surface area contributed by atoms with Crippen LogP contribution in [0.3, 0.4) is 0 Å². The summed E-state index contributed by atoms with van der Waals surface area (Å²) in [5, 5.41) is 7.89. The van der Waals surface area contributed by atoms with Crippen LogP contribution in [-0.2, 0) is 16.6 Å². The summed E-state index contributed by atoms with van der Waals surface area (Å²) < 4.78 is 31.7. The zero-order valence-corrected chi connectivity index (χ0v) is 19.6. The van der Waals surface area contributed by atoms with E-state index in [0.29, 0.717) is 30.2 Å². The van der Waals surface area contributed by atoms with E-state index in [1.165, 1.54) is 0 Å². The summed E-state index contributed by atoms with van der Waals surface area (Å²) in [7, 11) is -3.55. The Kier molecular flexibility index (Phi) is 5.55. The first-order valence-corrected chi connectivity index (χ1v) is 12.2. The normalized spacial score (nSPS) is 16.8. The molecule has 0 unspecified atom stereocenters. The third-order valence-corrected chi connectivity index (χ3v) is 7.64. The Labute approximate surface area is 183 Å².